The van der Waals surface area contributed by atoms with Gasteiger partial charge in [0, 0.05) is 18.1 Å². The molecule has 128 valence electrons. The molecule has 0 aliphatic carbocycles. The van der Waals surface area contributed by atoms with Crippen LogP contribution < -0.4 is 16.0 Å². The van der Waals surface area contributed by atoms with Crippen LogP contribution in [0, 0.1) is 0 Å². The van der Waals surface area contributed by atoms with Crippen molar-refractivity contribution < 1.29 is 9.59 Å². The normalized spacial score (nSPS) is 16.2. The molecule has 1 fully saturated rings. The minimum atomic E-state index is -0.247. The Kier molecular flexibility index (Phi) is 6.34. The quantitative estimate of drug-likeness (QED) is 0.754. The predicted octanol–water partition coefficient (Wildman–Crippen LogP) is 1.10. The summed E-state index contributed by atoms with van der Waals surface area (Å²) in [4.78, 5) is 23.7. The Hall–Kier alpha value is -2.38. The van der Waals surface area contributed by atoms with E-state index in [0.717, 1.165) is 25.1 Å². The van der Waals surface area contributed by atoms with E-state index in [1.165, 1.54) is 0 Å². The summed E-state index contributed by atoms with van der Waals surface area (Å²) in [6, 6.07) is 9.01. The van der Waals surface area contributed by atoms with Crippen LogP contribution in [-0.4, -0.2) is 40.7 Å². The van der Waals surface area contributed by atoms with Crippen molar-refractivity contribution in [3.8, 4) is 5.69 Å². The minimum Gasteiger partial charge on any atom is -0.346 e. The lowest BCUT2D eigenvalue weighted by Crippen LogP contribution is -2.43. The van der Waals surface area contributed by atoms with E-state index in [1.54, 1.807) is 23.0 Å². The molecule has 1 aromatic heterocycles. The SMILES string of the molecule is Cl.O=C(CNC(=O)C1CCCN1)Nc1ccc(-n2cccn2)cc1. The molecule has 1 aliphatic heterocycles. The zero-order valence-electron chi connectivity index (χ0n) is 13.1. The second-order valence-corrected chi connectivity index (χ2v) is 5.41. The van der Waals surface area contributed by atoms with Gasteiger partial charge in [-0.25, -0.2) is 4.68 Å². The molecule has 3 N–H and O–H groups in total. The lowest BCUT2D eigenvalue weighted by atomic mass is 10.2. The fourth-order valence-corrected chi connectivity index (χ4v) is 2.52. The molecule has 0 bridgehead atoms. The van der Waals surface area contributed by atoms with Gasteiger partial charge < -0.3 is 16.0 Å². The number of carbonyl (C=O) groups excluding carboxylic acids is 2. The van der Waals surface area contributed by atoms with E-state index in [4.69, 9.17) is 0 Å². The van der Waals surface area contributed by atoms with Crippen LogP contribution in [0.1, 0.15) is 12.8 Å². The van der Waals surface area contributed by atoms with Crippen molar-refractivity contribution in [2.75, 3.05) is 18.4 Å². The van der Waals surface area contributed by atoms with E-state index in [9.17, 15) is 9.59 Å². The largest absolute Gasteiger partial charge is 0.346 e. The van der Waals surface area contributed by atoms with Gasteiger partial charge in [0.15, 0.2) is 0 Å². The summed E-state index contributed by atoms with van der Waals surface area (Å²) in [6.45, 7) is 0.824. The van der Waals surface area contributed by atoms with Crippen LogP contribution in [0.2, 0.25) is 0 Å². The summed E-state index contributed by atoms with van der Waals surface area (Å²) in [6.07, 6.45) is 5.37. The molecule has 8 heteroatoms. The maximum Gasteiger partial charge on any atom is 0.243 e. The molecule has 1 unspecified atom stereocenters. The Morgan fingerprint density at radius 2 is 2.08 bits per heavy atom. The number of anilines is 1. The highest BCUT2D eigenvalue weighted by atomic mass is 35.5. The first kappa shape index (κ1) is 18.0. The molecule has 1 aliphatic rings. The fraction of sp³-hybridized carbons (Fsp3) is 0.312. The first-order valence-corrected chi connectivity index (χ1v) is 7.63. The van der Waals surface area contributed by atoms with E-state index < -0.39 is 0 Å². The van der Waals surface area contributed by atoms with E-state index in [1.807, 2.05) is 24.4 Å². The molecule has 1 atom stereocenters. The molecule has 24 heavy (non-hydrogen) atoms. The van der Waals surface area contributed by atoms with Gasteiger partial charge in [-0.15, -0.1) is 12.4 Å². The summed E-state index contributed by atoms with van der Waals surface area (Å²) in [5.41, 5.74) is 1.59. The van der Waals surface area contributed by atoms with Crippen LogP contribution in [-0.2, 0) is 9.59 Å². The maximum atomic E-state index is 11.9. The van der Waals surface area contributed by atoms with E-state index in [-0.39, 0.29) is 36.8 Å². The number of rotatable bonds is 5. The topological polar surface area (TPSA) is 88.0 Å². The van der Waals surface area contributed by atoms with Crippen LogP contribution in [0.3, 0.4) is 0 Å². The van der Waals surface area contributed by atoms with Crippen LogP contribution in [0.25, 0.3) is 5.69 Å². The molecule has 7 nitrogen and oxygen atoms in total. The predicted molar refractivity (Wildman–Crippen MR) is 93.5 cm³/mol. The molecule has 3 rings (SSSR count). The molecule has 1 aromatic carbocycles. The molecule has 1 saturated heterocycles. The van der Waals surface area contributed by atoms with E-state index >= 15 is 0 Å². The smallest absolute Gasteiger partial charge is 0.243 e. The monoisotopic (exact) mass is 349 g/mol. The third-order valence-electron chi connectivity index (χ3n) is 3.72. The van der Waals surface area contributed by atoms with Crippen molar-refractivity contribution in [3.05, 3.63) is 42.7 Å². The van der Waals surface area contributed by atoms with Crippen molar-refractivity contribution >= 4 is 29.9 Å². The average Bonchev–Trinajstić information content (AvgIpc) is 3.26. The number of nitrogens with zero attached hydrogens (tertiary/aromatic N) is 2. The van der Waals surface area contributed by atoms with Gasteiger partial charge in [-0.3, -0.25) is 9.59 Å². The highest BCUT2D eigenvalue weighted by Crippen LogP contribution is 2.12. The fourth-order valence-electron chi connectivity index (χ4n) is 2.52. The molecule has 0 spiro atoms. The van der Waals surface area contributed by atoms with Crippen molar-refractivity contribution in [1.82, 2.24) is 20.4 Å². The van der Waals surface area contributed by atoms with E-state index in [2.05, 4.69) is 21.0 Å². The van der Waals surface area contributed by atoms with Crippen LogP contribution in [0.4, 0.5) is 5.69 Å². The van der Waals surface area contributed by atoms with Gasteiger partial charge >= 0.3 is 0 Å². The maximum absolute atomic E-state index is 11.9. The molecule has 0 radical (unpaired) electrons. The number of hydrogen-bond acceptors (Lipinski definition) is 4. The number of hydrogen-bond donors (Lipinski definition) is 3. The van der Waals surface area contributed by atoms with Gasteiger partial charge in [-0.2, -0.15) is 5.10 Å². The Morgan fingerprint density at radius 1 is 1.29 bits per heavy atom. The molecule has 0 saturated carbocycles. The standard InChI is InChI=1S/C16H19N5O2.ClH/c22-15(11-18-16(23)14-3-1-8-17-14)20-12-4-6-13(7-5-12)21-10-2-9-19-21;/h2,4-7,9-10,14,17H,1,3,8,11H2,(H,18,23)(H,20,22);1H. The Morgan fingerprint density at radius 3 is 2.71 bits per heavy atom. The highest BCUT2D eigenvalue weighted by molar-refractivity contribution is 5.95. The van der Waals surface area contributed by atoms with Crippen molar-refractivity contribution in [2.24, 2.45) is 0 Å². The first-order chi connectivity index (χ1) is 11.2. The zero-order valence-corrected chi connectivity index (χ0v) is 13.9. The number of nitrogens with one attached hydrogen (secondary N) is 3. The number of aromatic nitrogens is 2. The number of halogens is 1. The highest BCUT2D eigenvalue weighted by Gasteiger charge is 2.21. The lowest BCUT2D eigenvalue weighted by Gasteiger charge is -2.11. The second-order valence-electron chi connectivity index (χ2n) is 5.41. The van der Waals surface area contributed by atoms with Crippen molar-refractivity contribution in [1.29, 1.82) is 0 Å². The molecular formula is C16H20ClN5O2. The molecular weight excluding hydrogens is 330 g/mol. The van der Waals surface area contributed by atoms with Gasteiger partial charge in [0.05, 0.1) is 18.3 Å². The summed E-state index contributed by atoms with van der Waals surface area (Å²) >= 11 is 0. The second kappa shape index (κ2) is 8.47. The van der Waals surface area contributed by atoms with Crippen LogP contribution >= 0.6 is 12.4 Å². The Bertz CT molecular complexity index is 666. The third-order valence-corrected chi connectivity index (χ3v) is 3.72. The van der Waals surface area contributed by atoms with Gasteiger partial charge in [0.25, 0.3) is 0 Å². The average molecular weight is 350 g/mol. The number of amides is 2. The van der Waals surface area contributed by atoms with Gasteiger partial charge in [0.1, 0.15) is 0 Å². The van der Waals surface area contributed by atoms with Crippen LogP contribution in [0.15, 0.2) is 42.7 Å². The molecule has 2 heterocycles. The van der Waals surface area contributed by atoms with Gasteiger partial charge in [0.2, 0.25) is 11.8 Å². The summed E-state index contributed by atoms with van der Waals surface area (Å²) in [5.74, 6) is -0.366. The summed E-state index contributed by atoms with van der Waals surface area (Å²) in [5, 5.41) is 12.6. The van der Waals surface area contributed by atoms with Crippen molar-refractivity contribution in [2.45, 2.75) is 18.9 Å². The Balaban J connectivity index is 0.00000208. The molecule has 2 aromatic rings. The zero-order chi connectivity index (χ0) is 16.1. The van der Waals surface area contributed by atoms with Crippen molar-refractivity contribution in [3.63, 3.8) is 0 Å². The summed E-state index contributed by atoms with van der Waals surface area (Å²) in [7, 11) is 0. The Labute approximate surface area is 146 Å². The third kappa shape index (κ3) is 4.56. The first-order valence-electron chi connectivity index (χ1n) is 7.63. The minimum absolute atomic E-state index is 0. The van der Waals surface area contributed by atoms with Crippen LogP contribution in [0.5, 0.6) is 0 Å². The number of benzene rings is 1. The lowest BCUT2D eigenvalue weighted by molar-refractivity contribution is -0.125. The number of carbonyl (C=O) groups is 2. The van der Waals surface area contributed by atoms with Gasteiger partial charge in [-0.1, -0.05) is 0 Å². The van der Waals surface area contributed by atoms with Gasteiger partial charge in [-0.05, 0) is 49.7 Å². The summed E-state index contributed by atoms with van der Waals surface area (Å²) < 4.78 is 1.74. The van der Waals surface area contributed by atoms with E-state index in [0.29, 0.717) is 5.69 Å². The molecule has 2 amide bonds.